The predicted octanol–water partition coefficient (Wildman–Crippen LogP) is 4.83. The van der Waals surface area contributed by atoms with Gasteiger partial charge in [-0.25, -0.2) is 0 Å². The average Bonchev–Trinajstić information content (AvgIpc) is 2.79. The number of carbonyl (C=O) groups is 1. The minimum absolute atomic E-state index is 0.138. The number of benzene rings is 2. The molecule has 2 heterocycles. The molecule has 2 saturated heterocycles. The molecule has 2 aromatic carbocycles. The SMILES string of the molecule is CCN1CCCC2(CCCN(C(=O)c3ccc(Oc4ccc(OC)cc4)cc3)C2)C1. The minimum atomic E-state index is 0.138. The second-order valence-corrected chi connectivity index (χ2v) is 8.60. The van der Waals surface area contributed by atoms with Gasteiger partial charge in [-0.2, -0.15) is 0 Å². The zero-order valence-electron chi connectivity index (χ0n) is 18.1. The topological polar surface area (TPSA) is 42.0 Å². The van der Waals surface area contributed by atoms with Crippen LogP contribution >= 0.6 is 0 Å². The Balaban J connectivity index is 1.40. The Morgan fingerprint density at radius 2 is 1.50 bits per heavy atom. The lowest BCUT2D eigenvalue weighted by Gasteiger charge is -2.48. The van der Waals surface area contributed by atoms with Gasteiger partial charge in [-0.3, -0.25) is 4.79 Å². The standard InChI is InChI=1S/C25H32N2O3/c1-3-26-16-4-14-25(18-26)15-5-17-27(19-25)24(28)20-6-8-22(9-7-20)30-23-12-10-21(29-2)11-13-23/h6-13H,3-5,14-19H2,1-2H3. The number of hydrogen-bond acceptors (Lipinski definition) is 4. The van der Waals surface area contributed by atoms with Crippen molar-refractivity contribution < 1.29 is 14.3 Å². The van der Waals surface area contributed by atoms with Crippen LogP contribution in [0.4, 0.5) is 0 Å². The fourth-order valence-corrected chi connectivity index (χ4v) is 4.92. The lowest BCUT2D eigenvalue weighted by Crippen LogP contribution is -2.53. The molecule has 1 unspecified atom stereocenters. The van der Waals surface area contributed by atoms with E-state index in [9.17, 15) is 4.79 Å². The molecular formula is C25H32N2O3. The fraction of sp³-hybridized carbons (Fsp3) is 0.480. The second kappa shape index (κ2) is 9.09. The van der Waals surface area contributed by atoms with Gasteiger partial charge in [0.1, 0.15) is 17.2 Å². The Hall–Kier alpha value is -2.53. The normalized spacial score (nSPS) is 22.1. The Bertz CT molecular complexity index is 846. The molecule has 0 bridgehead atoms. The van der Waals surface area contributed by atoms with Gasteiger partial charge in [0.25, 0.3) is 5.91 Å². The maximum atomic E-state index is 13.2. The fourth-order valence-electron chi connectivity index (χ4n) is 4.92. The van der Waals surface area contributed by atoms with Crippen molar-refractivity contribution in [3.05, 3.63) is 54.1 Å². The molecule has 0 radical (unpaired) electrons. The van der Waals surface area contributed by atoms with Crippen molar-refractivity contribution in [3.63, 3.8) is 0 Å². The molecule has 2 aliphatic heterocycles. The lowest BCUT2D eigenvalue weighted by molar-refractivity contribution is 0.0152. The monoisotopic (exact) mass is 408 g/mol. The van der Waals surface area contributed by atoms with Crippen LogP contribution in [0.1, 0.15) is 43.0 Å². The second-order valence-electron chi connectivity index (χ2n) is 8.60. The summed E-state index contributed by atoms with van der Waals surface area (Å²) in [4.78, 5) is 17.8. The van der Waals surface area contributed by atoms with Gasteiger partial charge in [0.05, 0.1) is 7.11 Å². The third-order valence-electron chi connectivity index (χ3n) is 6.53. The average molecular weight is 409 g/mol. The summed E-state index contributed by atoms with van der Waals surface area (Å²) in [6.07, 6.45) is 4.82. The van der Waals surface area contributed by atoms with Gasteiger partial charge in [-0.1, -0.05) is 6.92 Å². The van der Waals surface area contributed by atoms with Crippen molar-refractivity contribution in [2.75, 3.05) is 39.8 Å². The molecule has 1 spiro atoms. The van der Waals surface area contributed by atoms with E-state index in [-0.39, 0.29) is 11.3 Å². The van der Waals surface area contributed by atoms with Crippen LogP contribution in [0.2, 0.25) is 0 Å². The molecule has 0 N–H and O–H groups in total. The molecule has 2 aromatic rings. The van der Waals surface area contributed by atoms with Gasteiger partial charge in [-0.15, -0.1) is 0 Å². The first-order chi connectivity index (χ1) is 14.6. The Labute approximate surface area is 179 Å². The van der Waals surface area contributed by atoms with Crippen LogP contribution in [-0.2, 0) is 0 Å². The summed E-state index contributed by atoms with van der Waals surface area (Å²) >= 11 is 0. The molecule has 5 heteroatoms. The molecule has 1 atom stereocenters. The van der Waals surface area contributed by atoms with Crippen LogP contribution in [0.25, 0.3) is 0 Å². The molecule has 0 aliphatic carbocycles. The van der Waals surface area contributed by atoms with E-state index in [0.29, 0.717) is 0 Å². The number of piperidine rings is 2. The zero-order valence-corrected chi connectivity index (χ0v) is 18.1. The summed E-state index contributed by atoms with van der Waals surface area (Å²) in [6, 6.07) is 15.0. The van der Waals surface area contributed by atoms with Crippen molar-refractivity contribution in [2.45, 2.75) is 32.6 Å². The van der Waals surface area contributed by atoms with E-state index in [0.717, 1.165) is 55.4 Å². The highest BCUT2D eigenvalue weighted by molar-refractivity contribution is 5.94. The summed E-state index contributed by atoms with van der Waals surface area (Å²) in [6.45, 7) is 7.40. The molecule has 2 fully saturated rings. The summed E-state index contributed by atoms with van der Waals surface area (Å²) in [5.74, 6) is 2.39. The lowest BCUT2D eigenvalue weighted by atomic mass is 9.73. The molecule has 30 heavy (non-hydrogen) atoms. The van der Waals surface area contributed by atoms with Crippen LogP contribution in [0.3, 0.4) is 0 Å². The molecule has 160 valence electrons. The maximum Gasteiger partial charge on any atom is 0.253 e. The first-order valence-corrected chi connectivity index (χ1v) is 11.0. The predicted molar refractivity (Wildman–Crippen MR) is 118 cm³/mol. The van der Waals surface area contributed by atoms with E-state index in [1.165, 1.54) is 25.8 Å². The van der Waals surface area contributed by atoms with Gasteiger partial charge >= 0.3 is 0 Å². The summed E-state index contributed by atoms with van der Waals surface area (Å²) < 4.78 is 11.1. The van der Waals surface area contributed by atoms with Gasteiger partial charge in [-0.05, 0) is 87.3 Å². The molecule has 0 saturated carbocycles. The number of hydrogen-bond donors (Lipinski definition) is 0. The van der Waals surface area contributed by atoms with Crippen molar-refractivity contribution >= 4 is 5.91 Å². The van der Waals surface area contributed by atoms with Crippen LogP contribution < -0.4 is 9.47 Å². The number of rotatable bonds is 5. The van der Waals surface area contributed by atoms with E-state index < -0.39 is 0 Å². The van der Waals surface area contributed by atoms with Crippen LogP contribution in [0, 0.1) is 5.41 Å². The Morgan fingerprint density at radius 3 is 2.13 bits per heavy atom. The quantitative estimate of drug-likeness (QED) is 0.711. The zero-order chi connectivity index (χ0) is 21.0. The third kappa shape index (κ3) is 4.62. The highest BCUT2D eigenvalue weighted by atomic mass is 16.5. The molecular weight excluding hydrogens is 376 g/mol. The highest BCUT2D eigenvalue weighted by Crippen LogP contribution is 2.38. The van der Waals surface area contributed by atoms with Crippen molar-refractivity contribution in [2.24, 2.45) is 5.41 Å². The minimum Gasteiger partial charge on any atom is -0.497 e. The molecule has 4 rings (SSSR count). The summed E-state index contributed by atoms with van der Waals surface area (Å²) in [7, 11) is 1.64. The first kappa shape index (κ1) is 20.7. The molecule has 2 aliphatic rings. The molecule has 1 amide bonds. The number of likely N-dealkylation sites (tertiary alicyclic amines) is 2. The van der Waals surface area contributed by atoms with Crippen LogP contribution in [-0.4, -0.2) is 55.5 Å². The Kier molecular flexibility index (Phi) is 6.28. The van der Waals surface area contributed by atoms with Crippen molar-refractivity contribution in [1.29, 1.82) is 0 Å². The molecule has 0 aromatic heterocycles. The van der Waals surface area contributed by atoms with Gasteiger partial charge < -0.3 is 19.3 Å². The largest absolute Gasteiger partial charge is 0.497 e. The number of amides is 1. The first-order valence-electron chi connectivity index (χ1n) is 11.0. The maximum absolute atomic E-state index is 13.2. The molecule has 5 nitrogen and oxygen atoms in total. The summed E-state index contributed by atoms with van der Waals surface area (Å²) in [5, 5.41) is 0. The van der Waals surface area contributed by atoms with E-state index >= 15 is 0 Å². The van der Waals surface area contributed by atoms with Crippen molar-refractivity contribution in [3.8, 4) is 17.2 Å². The highest BCUT2D eigenvalue weighted by Gasteiger charge is 2.40. The number of nitrogens with zero attached hydrogens (tertiary/aromatic N) is 2. The van der Waals surface area contributed by atoms with E-state index in [2.05, 4.69) is 16.7 Å². The smallest absolute Gasteiger partial charge is 0.253 e. The number of ether oxygens (including phenoxy) is 2. The van der Waals surface area contributed by atoms with Crippen molar-refractivity contribution in [1.82, 2.24) is 9.80 Å². The van der Waals surface area contributed by atoms with E-state index in [4.69, 9.17) is 9.47 Å². The number of carbonyl (C=O) groups excluding carboxylic acids is 1. The van der Waals surface area contributed by atoms with Crippen LogP contribution in [0.5, 0.6) is 17.2 Å². The van der Waals surface area contributed by atoms with E-state index in [1.807, 2.05) is 48.5 Å². The Morgan fingerprint density at radius 1 is 0.900 bits per heavy atom. The van der Waals surface area contributed by atoms with Gasteiger partial charge in [0.2, 0.25) is 0 Å². The van der Waals surface area contributed by atoms with Crippen LogP contribution in [0.15, 0.2) is 48.5 Å². The third-order valence-corrected chi connectivity index (χ3v) is 6.53. The number of methoxy groups -OCH3 is 1. The van der Waals surface area contributed by atoms with E-state index in [1.54, 1.807) is 7.11 Å². The van der Waals surface area contributed by atoms with Gasteiger partial charge in [0.15, 0.2) is 0 Å². The van der Waals surface area contributed by atoms with Gasteiger partial charge in [0, 0.05) is 30.6 Å². The summed E-state index contributed by atoms with van der Waals surface area (Å²) in [5.41, 5.74) is 1.01.